The molecule has 0 aromatic carbocycles. The molecule has 4 nitrogen and oxygen atoms in total. The minimum atomic E-state index is 0.452. The molecule has 0 radical (unpaired) electrons. The summed E-state index contributed by atoms with van der Waals surface area (Å²) >= 11 is 2.94. The molecule has 2 N–H and O–H groups in total. The van der Waals surface area contributed by atoms with Gasteiger partial charge < -0.3 is 10.5 Å². The van der Waals surface area contributed by atoms with Crippen LogP contribution in [0.25, 0.3) is 0 Å². The van der Waals surface area contributed by atoms with Crippen LogP contribution in [0.3, 0.4) is 0 Å². The molecule has 6 heteroatoms. The van der Waals surface area contributed by atoms with Gasteiger partial charge in [0, 0.05) is 22.8 Å². The van der Waals surface area contributed by atoms with Crippen molar-refractivity contribution in [2.75, 3.05) is 12.3 Å². The standard InChI is InChI=1S/C9H11N3OS2/c10-9-8(11-12-15-9)6-13-4-3-7-2-1-5-14-7/h1-2,5H,3-4,6,10H2. The van der Waals surface area contributed by atoms with E-state index in [-0.39, 0.29) is 0 Å². The second kappa shape index (κ2) is 5.20. The van der Waals surface area contributed by atoms with Crippen molar-refractivity contribution in [3.8, 4) is 0 Å². The van der Waals surface area contributed by atoms with Crippen LogP contribution in [0.5, 0.6) is 0 Å². The summed E-state index contributed by atoms with van der Waals surface area (Å²) in [6.45, 7) is 1.14. The van der Waals surface area contributed by atoms with Crippen LogP contribution in [0.1, 0.15) is 10.6 Å². The zero-order valence-electron chi connectivity index (χ0n) is 8.05. The molecule has 0 atom stereocenters. The van der Waals surface area contributed by atoms with Gasteiger partial charge in [-0.3, -0.25) is 0 Å². The number of nitrogen functional groups attached to an aromatic ring is 1. The third kappa shape index (κ3) is 2.98. The van der Waals surface area contributed by atoms with Crippen LogP contribution in [0.15, 0.2) is 17.5 Å². The van der Waals surface area contributed by atoms with Gasteiger partial charge in [-0.1, -0.05) is 10.6 Å². The monoisotopic (exact) mass is 241 g/mol. The molecular weight excluding hydrogens is 230 g/mol. The van der Waals surface area contributed by atoms with E-state index in [9.17, 15) is 0 Å². The maximum absolute atomic E-state index is 5.63. The smallest absolute Gasteiger partial charge is 0.133 e. The summed E-state index contributed by atoms with van der Waals surface area (Å²) in [5, 5.41) is 6.58. The SMILES string of the molecule is Nc1snnc1COCCc1cccs1. The van der Waals surface area contributed by atoms with E-state index in [2.05, 4.69) is 21.0 Å². The number of nitrogens with two attached hydrogens (primary N) is 1. The fourth-order valence-electron chi connectivity index (χ4n) is 1.11. The molecule has 2 heterocycles. The molecular formula is C9H11N3OS2. The first-order chi connectivity index (χ1) is 7.36. The molecule has 0 saturated carbocycles. The molecule has 80 valence electrons. The van der Waals surface area contributed by atoms with E-state index in [1.807, 2.05) is 6.07 Å². The van der Waals surface area contributed by atoms with Crippen molar-refractivity contribution in [2.45, 2.75) is 13.0 Å². The van der Waals surface area contributed by atoms with Crippen molar-refractivity contribution in [1.82, 2.24) is 9.59 Å². The van der Waals surface area contributed by atoms with Crippen molar-refractivity contribution in [3.63, 3.8) is 0 Å². The lowest BCUT2D eigenvalue weighted by Crippen LogP contribution is -2.00. The highest BCUT2D eigenvalue weighted by molar-refractivity contribution is 7.10. The van der Waals surface area contributed by atoms with Gasteiger partial charge in [-0.2, -0.15) is 0 Å². The van der Waals surface area contributed by atoms with Crippen molar-refractivity contribution < 1.29 is 4.74 Å². The summed E-state index contributed by atoms with van der Waals surface area (Å²) in [5.74, 6) is 0. The van der Waals surface area contributed by atoms with Gasteiger partial charge in [0.25, 0.3) is 0 Å². The summed E-state index contributed by atoms with van der Waals surface area (Å²) in [6.07, 6.45) is 0.940. The molecule has 2 aromatic rings. The maximum Gasteiger partial charge on any atom is 0.133 e. The minimum absolute atomic E-state index is 0.452. The van der Waals surface area contributed by atoms with E-state index in [0.29, 0.717) is 18.2 Å². The maximum atomic E-state index is 5.63. The Morgan fingerprint density at radius 1 is 1.47 bits per heavy atom. The van der Waals surface area contributed by atoms with Gasteiger partial charge in [-0.25, -0.2) is 0 Å². The van der Waals surface area contributed by atoms with Crippen LogP contribution >= 0.6 is 22.9 Å². The Labute approximate surface area is 95.9 Å². The van der Waals surface area contributed by atoms with Crippen LogP contribution in [0.4, 0.5) is 5.00 Å². The van der Waals surface area contributed by atoms with Crippen LogP contribution < -0.4 is 5.73 Å². The second-order valence-electron chi connectivity index (χ2n) is 2.97. The lowest BCUT2D eigenvalue weighted by atomic mass is 10.4. The summed E-state index contributed by atoms with van der Waals surface area (Å²) < 4.78 is 9.20. The van der Waals surface area contributed by atoms with E-state index in [0.717, 1.165) is 12.1 Å². The van der Waals surface area contributed by atoms with Gasteiger partial charge in [0.1, 0.15) is 10.7 Å². The predicted octanol–water partition coefficient (Wildman–Crippen LogP) is 1.94. The Hall–Kier alpha value is -0.980. The number of rotatable bonds is 5. The highest BCUT2D eigenvalue weighted by Crippen LogP contribution is 2.14. The molecule has 2 rings (SSSR count). The number of aromatic nitrogens is 2. The second-order valence-corrected chi connectivity index (χ2v) is 4.78. The topological polar surface area (TPSA) is 61.0 Å². The third-order valence-electron chi connectivity index (χ3n) is 1.90. The lowest BCUT2D eigenvalue weighted by molar-refractivity contribution is 0.122. The normalized spacial score (nSPS) is 10.7. The number of ether oxygens (including phenoxy) is 1. The molecule has 0 aliphatic carbocycles. The first-order valence-corrected chi connectivity index (χ1v) is 6.18. The number of anilines is 1. The fraction of sp³-hybridized carbons (Fsp3) is 0.333. The Bertz CT molecular complexity index is 399. The van der Waals surface area contributed by atoms with E-state index < -0.39 is 0 Å². The molecule has 0 fully saturated rings. The number of nitrogens with zero attached hydrogens (tertiary/aromatic N) is 2. The van der Waals surface area contributed by atoms with E-state index >= 15 is 0 Å². The first-order valence-electron chi connectivity index (χ1n) is 4.53. The average Bonchev–Trinajstić information content (AvgIpc) is 2.85. The van der Waals surface area contributed by atoms with Crippen molar-refractivity contribution in [1.29, 1.82) is 0 Å². The number of thiophene rings is 1. The molecule has 0 amide bonds. The molecule has 2 aromatic heterocycles. The average molecular weight is 241 g/mol. The van der Waals surface area contributed by atoms with Crippen molar-refractivity contribution in [2.24, 2.45) is 0 Å². The van der Waals surface area contributed by atoms with Crippen LogP contribution in [-0.2, 0) is 17.8 Å². The quantitative estimate of drug-likeness (QED) is 0.813. The van der Waals surface area contributed by atoms with Gasteiger partial charge in [0.05, 0.1) is 13.2 Å². The zero-order chi connectivity index (χ0) is 10.5. The van der Waals surface area contributed by atoms with E-state index in [1.165, 1.54) is 16.4 Å². The molecule has 0 aliphatic heterocycles. The van der Waals surface area contributed by atoms with Crippen LogP contribution in [0, 0.1) is 0 Å². The summed E-state index contributed by atoms with van der Waals surface area (Å²) in [7, 11) is 0. The Morgan fingerprint density at radius 2 is 2.40 bits per heavy atom. The lowest BCUT2D eigenvalue weighted by Gasteiger charge is -2.00. The van der Waals surface area contributed by atoms with E-state index in [1.54, 1.807) is 11.3 Å². The summed E-state index contributed by atoms with van der Waals surface area (Å²) in [4.78, 5) is 1.33. The summed E-state index contributed by atoms with van der Waals surface area (Å²) in [5.41, 5.74) is 6.37. The van der Waals surface area contributed by atoms with Crippen LogP contribution in [0.2, 0.25) is 0 Å². The first kappa shape index (κ1) is 10.5. The van der Waals surface area contributed by atoms with Crippen LogP contribution in [-0.4, -0.2) is 16.2 Å². The molecule has 15 heavy (non-hydrogen) atoms. The summed E-state index contributed by atoms with van der Waals surface area (Å²) in [6, 6.07) is 4.15. The third-order valence-corrected chi connectivity index (χ3v) is 3.43. The van der Waals surface area contributed by atoms with Gasteiger partial charge in [-0.05, 0) is 11.4 Å². The van der Waals surface area contributed by atoms with Gasteiger partial charge in [0.2, 0.25) is 0 Å². The van der Waals surface area contributed by atoms with Gasteiger partial charge in [0.15, 0.2) is 0 Å². The fourth-order valence-corrected chi connectivity index (χ4v) is 2.23. The Kier molecular flexibility index (Phi) is 3.65. The van der Waals surface area contributed by atoms with Crippen molar-refractivity contribution >= 4 is 27.9 Å². The van der Waals surface area contributed by atoms with Gasteiger partial charge >= 0.3 is 0 Å². The molecule has 0 unspecified atom stereocenters. The van der Waals surface area contributed by atoms with Gasteiger partial charge in [-0.15, -0.1) is 16.4 Å². The zero-order valence-corrected chi connectivity index (χ0v) is 9.68. The van der Waals surface area contributed by atoms with E-state index in [4.69, 9.17) is 10.5 Å². The molecule has 0 aliphatic rings. The number of hydrogen-bond donors (Lipinski definition) is 1. The Balaban J connectivity index is 1.70. The molecule has 0 saturated heterocycles. The highest BCUT2D eigenvalue weighted by atomic mass is 32.1. The molecule has 0 spiro atoms. The highest BCUT2D eigenvalue weighted by Gasteiger charge is 2.03. The number of hydrogen-bond acceptors (Lipinski definition) is 6. The molecule has 0 bridgehead atoms. The van der Waals surface area contributed by atoms with Crippen molar-refractivity contribution in [3.05, 3.63) is 28.1 Å². The predicted molar refractivity (Wildman–Crippen MR) is 62.0 cm³/mol. The minimum Gasteiger partial charge on any atom is -0.388 e. The largest absolute Gasteiger partial charge is 0.388 e. The Morgan fingerprint density at radius 3 is 3.07 bits per heavy atom.